The van der Waals surface area contributed by atoms with Gasteiger partial charge in [0, 0.05) is 46.0 Å². The molecule has 0 spiro atoms. The summed E-state index contributed by atoms with van der Waals surface area (Å²) in [6.07, 6.45) is 7.28. The first-order valence-corrected chi connectivity index (χ1v) is 14.6. The summed E-state index contributed by atoms with van der Waals surface area (Å²) >= 11 is 3.59. The molecule has 3 aromatic heterocycles. The van der Waals surface area contributed by atoms with E-state index in [9.17, 15) is 0 Å². The first-order valence-electron chi connectivity index (χ1n) is 13.8. The van der Waals surface area contributed by atoms with Crippen molar-refractivity contribution in [1.29, 1.82) is 0 Å². The van der Waals surface area contributed by atoms with Gasteiger partial charge in [-0.2, -0.15) is 0 Å². The average molecular weight is 619 g/mol. The van der Waals surface area contributed by atoms with Crippen LogP contribution in [0.3, 0.4) is 0 Å². The Kier molecular flexibility index (Phi) is 7.34. The van der Waals surface area contributed by atoms with Crippen molar-refractivity contribution in [3.8, 4) is 67.5 Å². The number of aromatic nitrogens is 5. The highest BCUT2D eigenvalue weighted by molar-refractivity contribution is 9.10. The van der Waals surface area contributed by atoms with E-state index in [-0.39, 0.29) is 0 Å². The van der Waals surface area contributed by atoms with Gasteiger partial charge >= 0.3 is 0 Å². The van der Waals surface area contributed by atoms with Gasteiger partial charge in [-0.15, -0.1) is 0 Å². The summed E-state index contributed by atoms with van der Waals surface area (Å²) in [4.78, 5) is 23.4. The third-order valence-corrected chi connectivity index (χ3v) is 7.68. The van der Waals surface area contributed by atoms with Crippen LogP contribution in [0.25, 0.3) is 67.5 Å². The van der Waals surface area contributed by atoms with Gasteiger partial charge in [0.05, 0.1) is 0 Å². The average Bonchev–Trinajstić information content (AvgIpc) is 3.09. The number of hydrogen-bond acceptors (Lipinski definition) is 5. The monoisotopic (exact) mass is 617 g/mol. The highest BCUT2D eigenvalue weighted by Crippen LogP contribution is 2.31. The van der Waals surface area contributed by atoms with Crippen molar-refractivity contribution in [3.63, 3.8) is 0 Å². The summed E-state index contributed by atoms with van der Waals surface area (Å²) in [6.45, 7) is 0. The minimum atomic E-state index is 0.613. The molecule has 0 amide bonds. The molecule has 7 rings (SSSR count). The molecule has 7 aromatic rings. The predicted molar refractivity (Wildman–Crippen MR) is 176 cm³/mol. The van der Waals surface area contributed by atoms with E-state index >= 15 is 0 Å². The lowest BCUT2D eigenvalue weighted by molar-refractivity contribution is 1.07. The van der Waals surface area contributed by atoms with Gasteiger partial charge in [0.2, 0.25) is 0 Å². The van der Waals surface area contributed by atoms with Crippen LogP contribution in [-0.4, -0.2) is 24.9 Å². The normalized spacial score (nSPS) is 10.9. The molecule has 0 saturated heterocycles. The van der Waals surface area contributed by atoms with Crippen LogP contribution in [-0.2, 0) is 0 Å². The van der Waals surface area contributed by atoms with Crippen LogP contribution in [0.5, 0.6) is 0 Å². The minimum absolute atomic E-state index is 0.613. The Hall–Kier alpha value is -5.33. The molecule has 0 atom stereocenters. The van der Waals surface area contributed by atoms with Gasteiger partial charge < -0.3 is 0 Å². The summed E-state index contributed by atoms with van der Waals surface area (Å²) in [5.41, 5.74) is 9.22. The van der Waals surface area contributed by atoms with Crippen LogP contribution >= 0.6 is 15.9 Å². The van der Waals surface area contributed by atoms with Crippen molar-refractivity contribution in [3.05, 3.63) is 151 Å². The zero-order valence-electron chi connectivity index (χ0n) is 23.0. The molecule has 0 aliphatic rings. The number of hydrogen-bond donors (Lipinski definition) is 0. The van der Waals surface area contributed by atoms with Crippen molar-refractivity contribution >= 4 is 15.9 Å². The molecule has 0 radical (unpaired) electrons. The van der Waals surface area contributed by atoms with Crippen molar-refractivity contribution < 1.29 is 0 Å². The number of nitrogens with zero attached hydrogens (tertiary/aromatic N) is 5. The molecule has 4 aromatic carbocycles. The molecular weight excluding hydrogens is 594 g/mol. The fraction of sp³-hybridized carbons (Fsp3) is 0. The lowest BCUT2D eigenvalue weighted by Crippen LogP contribution is -2.00. The predicted octanol–water partition coefficient (Wildman–Crippen LogP) is 9.43. The lowest BCUT2D eigenvalue weighted by atomic mass is 10.0. The zero-order chi connectivity index (χ0) is 29.0. The molecular formula is C37H24BrN5. The fourth-order valence-electron chi connectivity index (χ4n) is 4.96. The second-order valence-corrected chi connectivity index (χ2v) is 11.0. The molecule has 0 saturated carbocycles. The van der Waals surface area contributed by atoms with Crippen LogP contribution in [0.1, 0.15) is 0 Å². The topological polar surface area (TPSA) is 64.5 Å². The van der Waals surface area contributed by atoms with E-state index in [2.05, 4.69) is 111 Å². The first kappa shape index (κ1) is 26.6. The quantitative estimate of drug-likeness (QED) is 0.186. The molecule has 204 valence electrons. The molecule has 0 N–H and O–H groups in total. The summed E-state index contributed by atoms with van der Waals surface area (Å²) in [5, 5.41) is 0. The number of halogens is 1. The number of rotatable bonds is 6. The molecule has 6 heteroatoms. The van der Waals surface area contributed by atoms with E-state index in [1.807, 2.05) is 48.8 Å². The van der Waals surface area contributed by atoms with Gasteiger partial charge in [-0.05, 0) is 63.7 Å². The Bertz CT molecular complexity index is 1910. The van der Waals surface area contributed by atoms with Gasteiger partial charge in [-0.1, -0.05) is 107 Å². The van der Waals surface area contributed by atoms with Crippen molar-refractivity contribution in [2.75, 3.05) is 0 Å². The van der Waals surface area contributed by atoms with Crippen molar-refractivity contribution in [2.24, 2.45) is 0 Å². The van der Waals surface area contributed by atoms with Crippen LogP contribution < -0.4 is 0 Å². The van der Waals surface area contributed by atoms with E-state index in [0.29, 0.717) is 17.5 Å². The molecule has 0 fully saturated rings. The second-order valence-electron chi connectivity index (χ2n) is 10.0. The van der Waals surface area contributed by atoms with Crippen LogP contribution in [0.15, 0.2) is 151 Å². The number of pyridine rings is 2. The smallest absolute Gasteiger partial charge is 0.164 e. The third kappa shape index (κ3) is 5.87. The lowest BCUT2D eigenvalue weighted by Gasteiger charge is -2.11. The Balaban J connectivity index is 1.32. The molecule has 5 nitrogen and oxygen atoms in total. The molecule has 0 aliphatic carbocycles. The van der Waals surface area contributed by atoms with E-state index in [1.165, 1.54) is 0 Å². The Labute approximate surface area is 258 Å². The summed E-state index contributed by atoms with van der Waals surface area (Å²) in [6, 6.07) is 41.1. The van der Waals surface area contributed by atoms with Crippen LogP contribution in [0, 0.1) is 0 Å². The molecule has 0 bridgehead atoms. The largest absolute Gasteiger partial charge is 0.264 e. The standard InChI is InChI=1S/C37H24BrN5/c38-34-10-2-6-30(22-34)29-5-1-7-31(21-29)37-42-35(27-15-11-25(12-16-27)32-8-3-19-39-23-32)41-36(43-37)28-17-13-26(14-18-28)33-9-4-20-40-24-33/h1-24H. The fourth-order valence-corrected chi connectivity index (χ4v) is 5.36. The molecule has 0 unspecified atom stereocenters. The SMILES string of the molecule is Brc1cccc(-c2cccc(-c3nc(-c4ccc(-c5cccnc5)cc4)nc(-c4ccc(-c5cccnc5)cc4)n3)c2)c1. The Morgan fingerprint density at radius 3 is 1.26 bits per heavy atom. The van der Waals surface area contributed by atoms with Crippen molar-refractivity contribution in [2.45, 2.75) is 0 Å². The molecule has 0 aliphatic heterocycles. The number of benzene rings is 4. The maximum absolute atomic E-state index is 4.97. The summed E-state index contributed by atoms with van der Waals surface area (Å²) in [7, 11) is 0. The van der Waals surface area contributed by atoms with E-state index in [4.69, 9.17) is 15.0 Å². The van der Waals surface area contributed by atoms with Gasteiger partial charge in [-0.3, -0.25) is 9.97 Å². The maximum Gasteiger partial charge on any atom is 0.164 e. The van der Waals surface area contributed by atoms with Gasteiger partial charge in [0.25, 0.3) is 0 Å². The third-order valence-electron chi connectivity index (χ3n) is 7.19. The van der Waals surface area contributed by atoms with Crippen molar-refractivity contribution in [1.82, 2.24) is 24.9 Å². The van der Waals surface area contributed by atoms with Gasteiger partial charge in [0.1, 0.15) is 0 Å². The summed E-state index contributed by atoms with van der Waals surface area (Å²) in [5.74, 6) is 1.84. The van der Waals surface area contributed by atoms with Crippen LogP contribution in [0.2, 0.25) is 0 Å². The maximum atomic E-state index is 4.97. The Morgan fingerprint density at radius 1 is 0.349 bits per heavy atom. The van der Waals surface area contributed by atoms with E-state index in [1.54, 1.807) is 12.4 Å². The zero-order valence-corrected chi connectivity index (χ0v) is 24.6. The van der Waals surface area contributed by atoms with Crippen LogP contribution in [0.4, 0.5) is 0 Å². The summed E-state index contributed by atoms with van der Waals surface area (Å²) < 4.78 is 1.03. The minimum Gasteiger partial charge on any atom is -0.264 e. The molecule has 43 heavy (non-hydrogen) atoms. The first-order chi connectivity index (χ1) is 21.2. The van der Waals surface area contributed by atoms with Gasteiger partial charge in [0.15, 0.2) is 17.5 Å². The highest BCUT2D eigenvalue weighted by Gasteiger charge is 2.14. The van der Waals surface area contributed by atoms with E-state index in [0.717, 1.165) is 54.5 Å². The van der Waals surface area contributed by atoms with E-state index < -0.39 is 0 Å². The van der Waals surface area contributed by atoms with Gasteiger partial charge in [-0.25, -0.2) is 15.0 Å². The highest BCUT2D eigenvalue weighted by atomic mass is 79.9. The second kappa shape index (κ2) is 11.9. The Morgan fingerprint density at radius 2 is 0.767 bits per heavy atom. The molecule has 3 heterocycles.